The van der Waals surface area contributed by atoms with Gasteiger partial charge in [-0.25, -0.2) is 0 Å². The molecule has 1 aromatic heterocycles. The first kappa shape index (κ1) is 23.2. The molecule has 0 spiro atoms. The van der Waals surface area contributed by atoms with Crippen molar-refractivity contribution in [3.05, 3.63) is 111 Å². The molecule has 5 rings (SSSR count). The Hall–Kier alpha value is -4.59. The van der Waals surface area contributed by atoms with E-state index >= 15 is 0 Å². The van der Waals surface area contributed by atoms with E-state index in [0.717, 1.165) is 24.2 Å². The smallest absolute Gasteiger partial charge is 0.291 e. The van der Waals surface area contributed by atoms with Gasteiger partial charge in [-0.15, -0.1) is 0 Å². The average Bonchev–Trinajstić information content (AvgIpc) is 3.53. The second-order valence-corrected chi connectivity index (χ2v) is 8.68. The number of furan rings is 1. The lowest BCUT2D eigenvalue weighted by Crippen LogP contribution is -2.11. The van der Waals surface area contributed by atoms with E-state index in [1.54, 1.807) is 18.2 Å². The molecule has 0 radical (unpaired) electrons. The van der Waals surface area contributed by atoms with Gasteiger partial charge in [-0.3, -0.25) is 14.9 Å². The standard InChI is InChI=1S/C28H24N2O6/c1-18-5-8-23(9-6-18)35-26-15-21(14-22(16-26)30(32)33)29-28(31)27-12-11-25(36-27)17-34-24-10-7-19-3-2-4-20(19)13-24/h5-16H,2-4,17H2,1H3,(H,29,31). The minimum atomic E-state index is -0.543. The van der Waals surface area contributed by atoms with Gasteiger partial charge >= 0.3 is 0 Å². The fraction of sp³-hybridized carbons (Fsp3) is 0.179. The van der Waals surface area contributed by atoms with Crippen LogP contribution in [-0.2, 0) is 19.4 Å². The lowest BCUT2D eigenvalue weighted by Gasteiger charge is -2.09. The minimum Gasteiger partial charge on any atom is -0.486 e. The largest absolute Gasteiger partial charge is 0.486 e. The number of ether oxygens (including phenoxy) is 2. The molecule has 0 fully saturated rings. The summed E-state index contributed by atoms with van der Waals surface area (Å²) in [5.74, 6) is 1.53. The van der Waals surface area contributed by atoms with E-state index in [-0.39, 0.29) is 29.5 Å². The molecule has 1 heterocycles. The average molecular weight is 485 g/mol. The van der Waals surface area contributed by atoms with Gasteiger partial charge < -0.3 is 19.2 Å². The number of benzene rings is 3. The van der Waals surface area contributed by atoms with Gasteiger partial charge in [0.2, 0.25) is 0 Å². The fourth-order valence-electron chi connectivity index (χ4n) is 4.12. The van der Waals surface area contributed by atoms with E-state index < -0.39 is 10.8 Å². The predicted octanol–water partition coefficient (Wildman–Crippen LogP) is 6.61. The van der Waals surface area contributed by atoms with Gasteiger partial charge in [0.15, 0.2) is 5.76 Å². The number of carbonyl (C=O) groups excluding carboxylic acids is 1. The summed E-state index contributed by atoms with van der Waals surface area (Å²) < 4.78 is 17.2. The summed E-state index contributed by atoms with van der Waals surface area (Å²) in [5, 5.41) is 14.1. The van der Waals surface area contributed by atoms with E-state index in [1.165, 1.54) is 41.8 Å². The Morgan fingerprint density at radius 2 is 1.72 bits per heavy atom. The third kappa shape index (κ3) is 5.38. The molecule has 1 amide bonds. The number of carbonyl (C=O) groups is 1. The van der Waals surface area contributed by atoms with Crippen molar-refractivity contribution >= 4 is 17.3 Å². The molecule has 8 nitrogen and oxygen atoms in total. The predicted molar refractivity (Wildman–Crippen MR) is 134 cm³/mol. The number of hydrogen-bond acceptors (Lipinski definition) is 6. The summed E-state index contributed by atoms with van der Waals surface area (Å²) in [5.41, 5.74) is 3.74. The number of rotatable bonds is 8. The van der Waals surface area contributed by atoms with Gasteiger partial charge in [-0.05, 0) is 73.7 Å². The molecule has 0 aliphatic heterocycles. The number of aryl methyl sites for hydroxylation is 3. The van der Waals surface area contributed by atoms with Gasteiger partial charge in [-0.1, -0.05) is 23.8 Å². The van der Waals surface area contributed by atoms with Gasteiger partial charge in [0.05, 0.1) is 16.7 Å². The Morgan fingerprint density at radius 3 is 2.53 bits per heavy atom. The molecule has 4 aromatic rings. The molecule has 1 aliphatic carbocycles. The summed E-state index contributed by atoms with van der Waals surface area (Å²) in [6, 6.07) is 20.7. The van der Waals surface area contributed by atoms with Crippen LogP contribution in [-0.4, -0.2) is 10.8 Å². The van der Waals surface area contributed by atoms with Crippen molar-refractivity contribution in [2.24, 2.45) is 0 Å². The number of nitro groups is 1. The topological polar surface area (TPSA) is 104 Å². The maximum Gasteiger partial charge on any atom is 0.291 e. The Morgan fingerprint density at radius 1 is 0.944 bits per heavy atom. The van der Waals surface area contributed by atoms with Crippen LogP contribution in [0.5, 0.6) is 17.2 Å². The van der Waals surface area contributed by atoms with Crippen LogP contribution in [0.2, 0.25) is 0 Å². The van der Waals surface area contributed by atoms with Crippen LogP contribution in [0.15, 0.2) is 77.2 Å². The second kappa shape index (κ2) is 9.95. The van der Waals surface area contributed by atoms with E-state index in [9.17, 15) is 14.9 Å². The minimum absolute atomic E-state index is 0.0649. The first-order chi connectivity index (χ1) is 17.4. The highest BCUT2D eigenvalue weighted by molar-refractivity contribution is 6.02. The van der Waals surface area contributed by atoms with E-state index in [0.29, 0.717) is 11.5 Å². The van der Waals surface area contributed by atoms with Crippen molar-refractivity contribution in [3.63, 3.8) is 0 Å². The van der Waals surface area contributed by atoms with Crippen molar-refractivity contribution in [1.29, 1.82) is 0 Å². The van der Waals surface area contributed by atoms with Gasteiger partial charge in [-0.2, -0.15) is 0 Å². The number of anilines is 1. The first-order valence-corrected chi connectivity index (χ1v) is 11.6. The molecular formula is C28H24N2O6. The molecule has 0 saturated carbocycles. The molecule has 1 N–H and O–H groups in total. The SMILES string of the molecule is Cc1ccc(Oc2cc(NC(=O)c3ccc(COc4ccc5c(c4)CCC5)o3)cc([N+](=O)[O-])c2)cc1. The maximum atomic E-state index is 12.8. The number of amides is 1. The lowest BCUT2D eigenvalue weighted by atomic mass is 10.1. The quantitative estimate of drug-likeness (QED) is 0.223. The second-order valence-electron chi connectivity index (χ2n) is 8.68. The molecular weight excluding hydrogens is 460 g/mol. The molecule has 8 heteroatoms. The normalized spacial score (nSPS) is 12.1. The third-order valence-electron chi connectivity index (χ3n) is 5.95. The van der Waals surface area contributed by atoms with E-state index in [2.05, 4.69) is 17.4 Å². The summed E-state index contributed by atoms with van der Waals surface area (Å²) in [7, 11) is 0. The van der Waals surface area contributed by atoms with E-state index in [4.69, 9.17) is 13.9 Å². The molecule has 0 unspecified atom stereocenters. The Balaban J connectivity index is 1.26. The third-order valence-corrected chi connectivity index (χ3v) is 5.95. The summed E-state index contributed by atoms with van der Waals surface area (Å²) in [6.45, 7) is 2.13. The highest BCUT2D eigenvalue weighted by atomic mass is 16.6. The van der Waals surface area contributed by atoms with Crippen LogP contribution in [0, 0.1) is 17.0 Å². The number of fused-ring (bicyclic) bond motifs is 1. The molecule has 36 heavy (non-hydrogen) atoms. The Kier molecular flexibility index (Phi) is 6.40. The molecule has 3 aromatic carbocycles. The van der Waals surface area contributed by atoms with Crippen molar-refractivity contribution < 1.29 is 23.6 Å². The summed E-state index contributed by atoms with van der Waals surface area (Å²) in [6.07, 6.45) is 3.34. The van der Waals surface area contributed by atoms with Crippen molar-refractivity contribution in [2.75, 3.05) is 5.32 Å². The number of hydrogen-bond donors (Lipinski definition) is 1. The van der Waals surface area contributed by atoms with Crippen LogP contribution < -0.4 is 14.8 Å². The monoisotopic (exact) mass is 484 g/mol. The van der Waals surface area contributed by atoms with E-state index in [1.807, 2.05) is 25.1 Å². The lowest BCUT2D eigenvalue weighted by molar-refractivity contribution is -0.384. The fourth-order valence-corrected chi connectivity index (χ4v) is 4.12. The maximum absolute atomic E-state index is 12.8. The van der Waals surface area contributed by atoms with Gasteiger partial charge in [0.25, 0.3) is 11.6 Å². The zero-order chi connectivity index (χ0) is 25.1. The summed E-state index contributed by atoms with van der Waals surface area (Å²) in [4.78, 5) is 23.6. The Bertz CT molecular complexity index is 1420. The van der Waals surface area contributed by atoms with Crippen LogP contribution >= 0.6 is 0 Å². The summed E-state index contributed by atoms with van der Waals surface area (Å²) >= 11 is 0. The van der Waals surface area contributed by atoms with Crippen LogP contribution in [0.4, 0.5) is 11.4 Å². The highest BCUT2D eigenvalue weighted by Gasteiger charge is 2.17. The first-order valence-electron chi connectivity index (χ1n) is 11.6. The molecule has 0 saturated heterocycles. The zero-order valence-corrected chi connectivity index (χ0v) is 19.7. The van der Waals surface area contributed by atoms with Crippen LogP contribution in [0.25, 0.3) is 0 Å². The number of non-ortho nitro benzene ring substituents is 1. The van der Waals surface area contributed by atoms with Crippen LogP contribution in [0.3, 0.4) is 0 Å². The molecule has 0 atom stereocenters. The molecule has 1 aliphatic rings. The number of nitro benzene ring substituents is 1. The van der Waals surface area contributed by atoms with Crippen molar-refractivity contribution in [1.82, 2.24) is 0 Å². The highest BCUT2D eigenvalue weighted by Crippen LogP contribution is 2.30. The van der Waals surface area contributed by atoms with Crippen molar-refractivity contribution in [3.8, 4) is 17.2 Å². The molecule has 182 valence electrons. The molecule has 0 bridgehead atoms. The number of nitrogens with zero attached hydrogens (tertiary/aromatic N) is 1. The van der Waals surface area contributed by atoms with Gasteiger partial charge in [0, 0.05) is 12.1 Å². The zero-order valence-electron chi connectivity index (χ0n) is 19.7. The van der Waals surface area contributed by atoms with Crippen molar-refractivity contribution in [2.45, 2.75) is 32.8 Å². The van der Waals surface area contributed by atoms with Gasteiger partial charge in [0.1, 0.15) is 29.6 Å². The van der Waals surface area contributed by atoms with Crippen LogP contribution in [0.1, 0.15) is 39.4 Å². The Labute approximate surface area is 207 Å². The number of nitrogens with one attached hydrogen (secondary N) is 1.